The van der Waals surface area contributed by atoms with Crippen molar-refractivity contribution in [2.75, 3.05) is 26.4 Å². The molecular weight excluding hydrogens is 1100 g/mol. The third-order valence-corrected chi connectivity index (χ3v) is 15.1. The smallest absolute Gasteiger partial charge is 0.462 e. The van der Waals surface area contributed by atoms with Crippen LogP contribution in [0.15, 0.2) is 170 Å². The average Bonchev–Trinajstić information content (AvgIpc) is 3.64. The predicted molar refractivity (Wildman–Crippen MR) is 376 cm³/mol. The van der Waals surface area contributed by atoms with E-state index < -0.39 is 26.5 Å². The summed E-state index contributed by atoms with van der Waals surface area (Å²) >= 11 is 0. The molecule has 10 heteroatoms. The van der Waals surface area contributed by atoms with Crippen LogP contribution in [0.25, 0.3) is 0 Å². The molecule has 0 amide bonds. The van der Waals surface area contributed by atoms with Crippen molar-refractivity contribution < 1.29 is 37.6 Å². The fraction of sp³-hybridized carbons (Fsp3) is 0.610. The highest BCUT2D eigenvalue weighted by atomic mass is 31.2. The molecule has 0 spiro atoms. The van der Waals surface area contributed by atoms with Crippen LogP contribution in [0.1, 0.15) is 271 Å². The minimum absolute atomic E-state index is 0.0439. The molecule has 0 aliphatic rings. The first-order chi connectivity index (χ1) is 42.8. The molecule has 2 atom stereocenters. The van der Waals surface area contributed by atoms with E-state index in [1.54, 1.807) is 0 Å². The number of esters is 2. The lowest BCUT2D eigenvalue weighted by molar-refractivity contribution is -0.161. The molecule has 2 unspecified atom stereocenters. The second-order valence-electron chi connectivity index (χ2n) is 22.3. The zero-order chi connectivity index (χ0) is 63.0. The van der Waals surface area contributed by atoms with Gasteiger partial charge in [0.25, 0.3) is 0 Å². The van der Waals surface area contributed by atoms with Gasteiger partial charge in [-0.1, -0.05) is 300 Å². The van der Waals surface area contributed by atoms with Gasteiger partial charge in [-0.3, -0.25) is 18.6 Å². The van der Waals surface area contributed by atoms with Gasteiger partial charge in [-0.15, -0.1) is 0 Å². The van der Waals surface area contributed by atoms with E-state index in [-0.39, 0.29) is 38.6 Å². The van der Waals surface area contributed by atoms with E-state index in [1.807, 2.05) is 0 Å². The minimum Gasteiger partial charge on any atom is -0.462 e. The molecule has 0 aliphatic heterocycles. The Morgan fingerprint density at radius 1 is 0.345 bits per heavy atom. The van der Waals surface area contributed by atoms with Crippen LogP contribution in [0.2, 0.25) is 0 Å². The van der Waals surface area contributed by atoms with Crippen LogP contribution in [0.3, 0.4) is 0 Å². The summed E-state index contributed by atoms with van der Waals surface area (Å²) in [6, 6.07) is 0. The topological polar surface area (TPSA) is 134 Å². The van der Waals surface area contributed by atoms with Crippen molar-refractivity contribution in [3.8, 4) is 0 Å². The lowest BCUT2D eigenvalue weighted by Crippen LogP contribution is -2.29. The molecule has 492 valence electrons. The second kappa shape index (κ2) is 70.5. The van der Waals surface area contributed by atoms with Crippen molar-refractivity contribution in [2.45, 2.75) is 277 Å². The second-order valence-corrected chi connectivity index (χ2v) is 23.7. The van der Waals surface area contributed by atoms with Crippen LogP contribution in [0.4, 0.5) is 0 Å². The Morgan fingerprint density at radius 3 is 0.885 bits per heavy atom. The summed E-state index contributed by atoms with van der Waals surface area (Å²) < 4.78 is 33.2. The van der Waals surface area contributed by atoms with E-state index in [0.717, 1.165) is 135 Å². The van der Waals surface area contributed by atoms with Gasteiger partial charge in [0.1, 0.15) is 6.61 Å². The number of carbonyl (C=O) groups excluding carboxylic acids is 2. The summed E-state index contributed by atoms with van der Waals surface area (Å²) in [4.78, 5) is 35.4. The maximum atomic E-state index is 12.8. The number of carbonyl (C=O) groups is 2. The standard InChI is InChI=1S/C77H126NO8P/c1-3-5-7-9-11-13-15-17-19-21-23-25-27-29-31-33-35-37-39-41-43-45-47-49-51-53-55-57-59-61-63-65-67-69-76(79)83-73-75(74-85-87(81,82)84-72-71-78)86-77(80)70-68-66-64-62-60-58-56-54-52-50-48-46-44-42-40-38-36-34-32-30-28-26-24-22-20-18-16-14-12-10-8-6-4-2/h5-8,11-14,17-20,23-26,29-32,35-38,42,44,48,50,75H,3-4,9-10,15-16,21-22,27-28,33-34,39-41,43,45-47,49,51-74,78H2,1-2H3,(H,81,82)/b7-5-,8-6-,13-11-,14-12-,19-17-,20-18-,25-23-,26-24-,31-29-,32-30-,37-35-,38-36-,44-42-,50-48-. The minimum atomic E-state index is -4.41. The maximum Gasteiger partial charge on any atom is 0.472 e. The van der Waals surface area contributed by atoms with Gasteiger partial charge < -0.3 is 20.1 Å². The molecule has 9 nitrogen and oxygen atoms in total. The Balaban J connectivity index is 3.97. The van der Waals surface area contributed by atoms with Gasteiger partial charge in [-0.25, -0.2) is 4.57 Å². The summed E-state index contributed by atoms with van der Waals surface area (Å²) in [6.45, 7) is 3.50. The highest BCUT2D eigenvalue weighted by Gasteiger charge is 2.26. The fourth-order valence-corrected chi connectivity index (χ4v) is 9.83. The normalized spacial score (nSPS) is 14.0. The molecule has 0 aliphatic carbocycles. The van der Waals surface area contributed by atoms with Crippen LogP contribution >= 0.6 is 7.82 Å². The van der Waals surface area contributed by atoms with Gasteiger partial charge in [0.15, 0.2) is 6.10 Å². The SMILES string of the molecule is CC/C=C\C/C=C\C/C=C\C/C=C\C/C=C\C/C=C\C/C=C\C/C=C\CCCCCCCCCCC(=O)OC(COC(=O)CCCCCCCCCCCCCCCC/C=C\C/C=C\C/C=C\C/C=C\C/C=C\C/C=C\CC)COP(=O)(O)OCCN. The highest BCUT2D eigenvalue weighted by molar-refractivity contribution is 7.47. The molecule has 0 saturated heterocycles. The molecule has 0 bridgehead atoms. The number of nitrogens with two attached hydrogens (primary N) is 1. The number of ether oxygens (including phenoxy) is 2. The molecule has 0 rings (SSSR count). The number of rotatable bonds is 63. The number of phosphoric acid groups is 1. The first-order valence-electron chi connectivity index (χ1n) is 34.6. The third-order valence-electron chi connectivity index (χ3n) is 14.1. The molecule has 0 fully saturated rings. The van der Waals surface area contributed by atoms with E-state index in [1.165, 1.54) is 103 Å². The van der Waals surface area contributed by atoms with Gasteiger partial charge in [0.2, 0.25) is 0 Å². The summed E-state index contributed by atoms with van der Waals surface area (Å²) in [5.74, 6) is -0.844. The first kappa shape index (κ1) is 82.4. The Kier molecular flexibility index (Phi) is 66.7. The van der Waals surface area contributed by atoms with E-state index in [9.17, 15) is 19.0 Å². The number of unbranched alkanes of at least 4 members (excludes halogenated alkanes) is 22. The number of hydrogen-bond donors (Lipinski definition) is 2. The molecule has 0 radical (unpaired) electrons. The lowest BCUT2D eigenvalue weighted by atomic mass is 10.0. The van der Waals surface area contributed by atoms with Gasteiger partial charge in [0, 0.05) is 19.4 Å². The average molecular weight is 1220 g/mol. The molecule has 0 heterocycles. The summed E-state index contributed by atoms with van der Waals surface area (Å²) in [5, 5.41) is 0. The van der Waals surface area contributed by atoms with Crippen molar-refractivity contribution in [2.24, 2.45) is 5.73 Å². The van der Waals surface area contributed by atoms with Gasteiger partial charge in [-0.2, -0.15) is 0 Å². The van der Waals surface area contributed by atoms with Crippen LogP contribution in [-0.2, 0) is 32.7 Å². The molecule has 0 aromatic rings. The quantitative estimate of drug-likeness (QED) is 0.0264. The Bertz CT molecular complexity index is 2030. The van der Waals surface area contributed by atoms with E-state index in [4.69, 9.17) is 24.3 Å². The summed E-state index contributed by atoms with van der Waals surface area (Å²) in [6.07, 6.45) is 104. The summed E-state index contributed by atoms with van der Waals surface area (Å²) in [5.41, 5.74) is 5.40. The van der Waals surface area contributed by atoms with Crippen molar-refractivity contribution in [3.05, 3.63) is 170 Å². The lowest BCUT2D eigenvalue weighted by Gasteiger charge is -2.19. The number of hydrogen-bond acceptors (Lipinski definition) is 8. The Labute approximate surface area is 533 Å². The number of allylic oxidation sites excluding steroid dienone is 28. The Hall–Kier alpha value is -4.63. The largest absolute Gasteiger partial charge is 0.472 e. The van der Waals surface area contributed by atoms with E-state index in [0.29, 0.717) is 6.42 Å². The number of phosphoric ester groups is 1. The van der Waals surface area contributed by atoms with Crippen LogP contribution in [-0.4, -0.2) is 49.3 Å². The highest BCUT2D eigenvalue weighted by Crippen LogP contribution is 2.43. The van der Waals surface area contributed by atoms with Gasteiger partial charge >= 0.3 is 19.8 Å². The summed E-state index contributed by atoms with van der Waals surface area (Å²) in [7, 11) is -4.41. The first-order valence-corrected chi connectivity index (χ1v) is 36.1. The van der Waals surface area contributed by atoms with Gasteiger partial charge in [-0.05, 0) is 128 Å². The monoisotopic (exact) mass is 1220 g/mol. The fourth-order valence-electron chi connectivity index (χ4n) is 9.07. The molecule has 87 heavy (non-hydrogen) atoms. The van der Waals surface area contributed by atoms with Crippen LogP contribution in [0, 0.1) is 0 Å². The van der Waals surface area contributed by atoms with Gasteiger partial charge in [0.05, 0.1) is 13.2 Å². The molecule has 3 N–H and O–H groups in total. The molecule has 0 aromatic carbocycles. The van der Waals surface area contributed by atoms with Crippen molar-refractivity contribution in [1.29, 1.82) is 0 Å². The van der Waals surface area contributed by atoms with Crippen molar-refractivity contribution in [1.82, 2.24) is 0 Å². The van der Waals surface area contributed by atoms with E-state index >= 15 is 0 Å². The predicted octanol–water partition coefficient (Wildman–Crippen LogP) is 23.0. The molecular formula is C77H126NO8P. The maximum absolute atomic E-state index is 12.8. The van der Waals surface area contributed by atoms with E-state index in [2.05, 4.69) is 184 Å². The molecule has 0 aromatic heterocycles. The zero-order valence-electron chi connectivity index (χ0n) is 55.2. The Morgan fingerprint density at radius 2 is 0.598 bits per heavy atom. The zero-order valence-corrected chi connectivity index (χ0v) is 56.1. The molecule has 0 saturated carbocycles. The van der Waals surface area contributed by atoms with Crippen molar-refractivity contribution in [3.63, 3.8) is 0 Å². The van der Waals surface area contributed by atoms with Crippen molar-refractivity contribution >= 4 is 19.8 Å². The van der Waals surface area contributed by atoms with Crippen LogP contribution in [0.5, 0.6) is 0 Å². The third kappa shape index (κ3) is 70.3. The van der Waals surface area contributed by atoms with Crippen LogP contribution < -0.4 is 5.73 Å².